The lowest BCUT2D eigenvalue weighted by Gasteiger charge is -2.28. The molecule has 0 bridgehead atoms. The van der Waals surface area contributed by atoms with Gasteiger partial charge in [0.05, 0.1) is 11.7 Å². The first kappa shape index (κ1) is 22.0. The molecule has 0 atom stereocenters. The molecule has 0 saturated heterocycles. The maximum atomic E-state index is 13.0. The van der Waals surface area contributed by atoms with Gasteiger partial charge in [-0.2, -0.15) is 0 Å². The Hall–Kier alpha value is -4.25. The molecule has 1 N–H and O–H groups in total. The van der Waals surface area contributed by atoms with Crippen LogP contribution in [0, 0.1) is 11.8 Å². The lowest BCUT2D eigenvalue weighted by Crippen LogP contribution is -2.39. The molecular weight excluding hydrogens is 418 g/mol. The van der Waals surface area contributed by atoms with Crippen molar-refractivity contribution in [2.24, 2.45) is 0 Å². The predicted octanol–water partition coefficient (Wildman–Crippen LogP) is 3.86. The van der Waals surface area contributed by atoms with Crippen LogP contribution in [0.25, 0.3) is 0 Å². The lowest BCUT2D eigenvalue weighted by molar-refractivity contribution is 0.111. The van der Waals surface area contributed by atoms with E-state index in [9.17, 15) is 9.59 Å². The molecule has 1 aliphatic heterocycles. The van der Waals surface area contributed by atoms with E-state index in [0.717, 1.165) is 18.4 Å². The molecule has 0 spiro atoms. The molecule has 166 valence electrons. The van der Waals surface area contributed by atoms with Crippen molar-refractivity contribution in [3.63, 3.8) is 0 Å². The second-order valence-corrected chi connectivity index (χ2v) is 7.72. The Morgan fingerprint density at radius 1 is 1.21 bits per heavy atom. The SMILES string of the molecule is CC(C)Oc1cc(NC(=O)N2CCCc3ccc(C=O)nc32)ncc1C#Cc1ccccn1. The van der Waals surface area contributed by atoms with E-state index >= 15 is 0 Å². The number of urea groups is 1. The van der Waals surface area contributed by atoms with Crippen LogP contribution in [-0.4, -0.2) is 39.9 Å². The van der Waals surface area contributed by atoms with Gasteiger partial charge in [-0.3, -0.25) is 15.0 Å². The van der Waals surface area contributed by atoms with Gasteiger partial charge >= 0.3 is 6.03 Å². The number of nitrogens with zero attached hydrogens (tertiary/aromatic N) is 4. The summed E-state index contributed by atoms with van der Waals surface area (Å²) >= 11 is 0. The van der Waals surface area contributed by atoms with Crippen LogP contribution >= 0.6 is 0 Å². The highest BCUT2D eigenvalue weighted by Crippen LogP contribution is 2.27. The zero-order chi connectivity index (χ0) is 23.2. The van der Waals surface area contributed by atoms with Crippen molar-refractivity contribution in [2.75, 3.05) is 16.8 Å². The Morgan fingerprint density at radius 3 is 2.85 bits per heavy atom. The minimum Gasteiger partial charge on any atom is -0.490 e. The highest BCUT2D eigenvalue weighted by Gasteiger charge is 2.25. The molecule has 0 fully saturated rings. The summed E-state index contributed by atoms with van der Waals surface area (Å²) in [6.45, 7) is 4.32. The van der Waals surface area contributed by atoms with E-state index in [2.05, 4.69) is 32.1 Å². The smallest absolute Gasteiger partial charge is 0.328 e. The monoisotopic (exact) mass is 441 g/mol. The van der Waals surface area contributed by atoms with Gasteiger partial charge in [0.25, 0.3) is 0 Å². The van der Waals surface area contributed by atoms with Crippen LogP contribution < -0.4 is 15.0 Å². The summed E-state index contributed by atoms with van der Waals surface area (Å²) in [5.41, 5.74) is 2.44. The number of aromatic nitrogens is 3. The number of hydrogen-bond donors (Lipinski definition) is 1. The number of fused-ring (bicyclic) bond motifs is 1. The third-order valence-corrected chi connectivity index (χ3v) is 4.88. The van der Waals surface area contributed by atoms with Crippen LogP contribution in [0.3, 0.4) is 0 Å². The van der Waals surface area contributed by atoms with E-state index in [1.807, 2.05) is 38.1 Å². The molecule has 0 aromatic carbocycles. The molecule has 8 heteroatoms. The van der Waals surface area contributed by atoms with E-state index in [4.69, 9.17) is 4.74 Å². The van der Waals surface area contributed by atoms with Gasteiger partial charge in [0.2, 0.25) is 0 Å². The van der Waals surface area contributed by atoms with Crippen molar-refractivity contribution in [1.82, 2.24) is 15.0 Å². The minimum atomic E-state index is -0.373. The number of carbonyl (C=O) groups is 2. The Bertz CT molecular complexity index is 1230. The standard InChI is InChI=1S/C25H23N5O3/c1-17(2)33-22-14-23(27-15-19(22)9-10-20-7-3-4-12-26-20)29-25(32)30-13-5-6-18-8-11-21(16-31)28-24(18)30/h3-4,7-8,11-12,14-17H,5-6,13H2,1-2H3,(H,27,29,32). The maximum Gasteiger partial charge on any atom is 0.328 e. The fourth-order valence-electron chi connectivity index (χ4n) is 3.41. The first-order valence-corrected chi connectivity index (χ1v) is 10.7. The van der Waals surface area contributed by atoms with Gasteiger partial charge in [-0.1, -0.05) is 18.1 Å². The average molecular weight is 441 g/mol. The number of carbonyl (C=O) groups excluding carboxylic acids is 2. The predicted molar refractivity (Wildman–Crippen MR) is 125 cm³/mol. The summed E-state index contributed by atoms with van der Waals surface area (Å²) in [6, 6.07) is 10.3. The molecule has 8 nitrogen and oxygen atoms in total. The Morgan fingerprint density at radius 2 is 2.09 bits per heavy atom. The van der Waals surface area contributed by atoms with Crippen molar-refractivity contribution in [2.45, 2.75) is 32.8 Å². The van der Waals surface area contributed by atoms with Crippen molar-refractivity contribution in [3.8, 4) is 17.6 Å². The first-order valence-electron chi connectivity index (χ1n) is 10.7. The van der Waals surface area contributed by atoms with Gasteiger partial charge in [-0.05, 0) is 56.4 Å². The van der Waals surface area contributed by atoms with Crippen molar-refractivity contribution in [1.29, 1.82) is 0 Å². The highest BCUT2D eigenvalue weighted by molar-refractivity contribution is 6.01. The zero-order valence-corrected chi connectivity index (χ0v) is 18.4. The number of hydrogen-bond acceptors (Lipinski definition) is 6. The fourth-order valence-corrected chi connectivity index (χ4v) is 3.41. The second kappa shape index (κ2) is 9.92. The Balaban J connectivity index is 1.58. The summed E-state index contributed by atoms with van der Waals surface area (Å²) < 4.78 is 5.91. The van der Waals surface area contributed by atoms with Gasteiger partial charge < -0.3 is 4.74 Å². The molecule has 2 amide bonds. The minimum absolute atomic E-state index is 0.0914. The molecule has 0 unspecified atom stereocenters. The average Bonchev–Trinajstić information content (AvgIpc) is 2.83. The topological polar surface area (TPSA) is 97.3 Å². The van der Waals surface area contributed by atoms with Crippen molar-refractivity contribution < 1.29 is 14.3 Å². The maximum absolute atomic E-state index is 13.0. The van der Waals surface area contributed by atoms with Crippen LogP contribution in [0.5, 0.6) is 5.75 Å². The summed E-state index contributed by atoms with van der Waals surface area (Å²) in [7, 11) is 0. The number of ether oxygens (including phenoxy) is 1. The number of aldehydes is 1. The summed E-state index contributed by atoms with van der Waals surface area (Å²) in [6.07, 6.45) is 5.44. The van der Waals surface area contributed by atoms with Gasteiger partial charge in [0, 0.05) is 25.0 Å². The number of pyridine rings is 3. The molecule has 1 aliphatic rings. The van der Waals surface area contributed by atoms with Crippen LogP contribution in [0.2, 0.25) is 0 Å². The van der Waals surface area contributed by atoms with E-state index in [0.29, 0.717) is 41.5 Å². The number of anilines is 2. The van der Waals surface area contributed by atoms with Crippen LogP contribution in [-0.2, 0) is 6.42 Å². The van der Waals surface area contributed by atoms with Crippen molar-refractivity contribution >= 4 is 24.0 Å². The van der Waals surface area contributed by atoms with E-state index in [-0.39, 0.29) is 17.8 Å². The largest absolute Gasteiger partial charge is 0.490 e. The quantitative estimate of drug-likeness (QED) is 0.488. The van der Waals surface area contributed by atoms with Crippen LogP contribution in [0.1, 0.15) is 47.6 Å². The number of rotatable bonds is 4. The third-order valence-electron chi connectivity index (χ3n) is 4.88. The fraction of sp³-hybridized carbons (Fsp3) is 0.240. The highest BCUT2D eigenvalue weighted by atomic mass is 16.5. The van der Waals surface area contributed by atoms with Gasteiger partial charge in [-0.15, -0.1) is 0 Å². The summed E-state index contributed by atoms with van der Waals surface area (Å²) in [5.74, 6) is 7.38. The zero-order valence-electron chi connectivity index (χ0n) is 18.4. The molecule has 0 aliphatic carbocycles. The third kappa shape index (κ3) is 5.33. The molecular formula is C25H23N5O3. The van der Waals surface area contributed by atoms with E-state index in [1.165, 1.54) is 4.90 Å². The molecule has 0 radical (unpaired) electrons. The number of aryl methyl sites for hydroxylation is 1. The summed E-state index contributed by atoms with van der Waals surface area (Å²) in [4.78, 5) is 38.6. The van der Waals surface area contributed by atoms with Crippen molar-refractivity contribution in [3.05, 3.63) is 71.3 Å². The normalized spacial score (nSPS) is 12.4. The van der Waals surface area contributed by atoms with Gasteiger partial charge in [0.15, 0.2) is 6.29 Å². The Kier molecular flexibility index (Phi) is 6.60. The molecule has 4 heterocycles. The van der Waals surface area contributed by atoms with Gasteiger partial charge in [-0.25, -0.2) is 19.7 Å². The second-order valence-electron chi connectivity index (χ2n) is 7.72. The van der Waals surface area contributed by atoms with Crippen LogP contribution in [0.4, 0.5) is 16.4 Å². The molecule has 3 aromatic rings. The number of amides is 2. The van der Waals surface area contributed by atoms with Crippen LogP contribution in [0.15, 0.2) is 48.8 Å². The number of nitrogens with one attached hydrogen (secondary N) is 1. The molecule has 3 aromatic heterocycles. The Labute approximate surface area is 192 Å². The molecule has 4 rings (SSSR count). The molecule has 33 heavy (non-hydrogen) atoms. The van der Waals surface area contributed by atoms with E-state index < -0.39 is 0 Å². The van der Waals surface area contributed by atoms with Gasteiger partial charge in [0.1, 0.15) is 28.8 Å². The van der Waals surface area contributed by atoms with E-state index in [1.54, 1.807) is 24.5 Å². The summed E-state index contributed by atoms with van der Waals surface area (Å²) in [5, 5.41) is 2.81. The lowest BCUT2D eigenvalue weighted by atomic mass is 10.1. The molecule has 0 saturated carbocycles. The first-order chi connectivity index (χ1) is 16.0.